The van der Waals surface area contributed by atoms with E-state index in [9.17, 15) is 0 Å². The van der Waals surface area contributed by atoms with Crippen molar-refractivity contribution in [3.05, 3.63) is 29.8 Å². The van der Waals surface area contributed by atoms with Crippen molar-refractivity contribution in [1.29, 1.82) is 0 Å². The summed E-state index contributed by atoms with van der Waals surface area (Å²) >= 11 is 0. The molecular weight excluding hydrogens is 210 g/mol. The first-order chi connectivity index (χ1) is 8.31. The van der Waals surface area contributed by atoms with Crippen molar-refractivity contribution < 1.29 is 4.74 Å². The van der Waals surface area contributed by atoms with E-state index < -0.39 is 0 Å². The maximum Gasteiger partial charge on any atom is 0.122 e. The second-order valence-electron chi connectivity index (χ2n) is 4.95. The van der Waals surface area contributed by atoms with Gasteiger partial charge in [0.25, 0.3) is 0 Å². The van der Waals surface area contributed by atoms with E-state index in [0.717, 1.165) is 25.3 Å². The Kier molecular flexibility index (Phi) is 4.43. The maximum atomic E-state index is 5.98. The Morgan fingerprint density at radius 2 is 2.24 bits per heavy atom. The summed E-state index contributed by atoms with van der Waals surface area (Å²) < 4.78 is 5.98. The Morgan fingerprint density at radius 1 is 1.41 bits per heavy atom. The van der Waals surface area contributed by atoms with E-state index in [1.54, 1.807) is 0 Å². The standard InChI is InChI=1S/C15H23NO/c1-3-12(2)14-8-4-5-9-15(14)17-11-13-7-6-10-16-13/h4-5,8-9,12-13,16H,3,6-7,10-11H2,1-2H3. The number of hydrogen-bond acceptors (Lipinski definition) is 2. The third-order valence-electron chi connectivity index (χ3n) is 3.66. The van der Waals surface area contributed by atoms with Gasteiger partial charge >= 0.3 is 0 Å². The lowest BCUT2D eigenvalue weighted by Crippen LogP contribution is -2.28. The van der Waals surface area contributed by atoms with Gasteiger partial charge in [0.2, 0.25) is 0 Å². The zero-order valence-electron chi connectivity index (χ0n) is 10.9. The lowest BCUT2D eigenvalue weighted by molar-refractivity contribution is 0.273. The smallest absolute Gasteiger partial charge is 0.122 e. The maximum absolute atomic E-state index is 5.98. The van der Waals surface area contributed by atoms with Crippen LogP contribution in [-0.2, 0) is 0 Å². The summed E-state index contributed by atoms with van der Waals surface area (Å²) in [6, 6.07) is 8.98. The predicted octanol–water partition coefficient (Wildman–Crippen LogP) is 3.33. The minimum atomic E-state index is 0.542. The second-order valence-corrected chi connectivity index (χ2v) is 4.95. The summed E-state index contributed by atoms with van der Waals surface area (Å²) in [6.45, 7) is 6.42. The average Bonchev–Trinajstić information content (AvgIpc) is 2.89. The Bertz CT molecular complexity index is 345. The molecule has 17 heavy (non-hydrogen) atoms. The summed E-state index contributed by atoms with van der Waals surface area (Å²) in [4.78, 5) is 0. The van der Waals surface area contributed by atoms with Crippen LogP contribution in [0.2, 0.25) is 0 Å². The molecule has 1 heterocycles. The summed E-state index contributed by atoms with van der Waals surface area (Å²) in [6.07, 6.45) is 3.68. The number of benzene rings is 1. The van der Waals surface area contributed by atoms with Crippen LogP contribution >= 0.6 is 0 Å². The van der Waals surface area contributed by atoms with E-state index in [4.69, 9.17) is 4.74 Å². The molecule has 1 aromatic rings. The lowest BCUT2D eigenvalue weighted by atomic mass is 9.98. The summed E-state index contributed by atoms with van der Waals surface area (Å²) in [7, 11) is 0. The van der Waals surface area contributed by atoms with Crippen molar-refractivity contribution in [2.75, 3.05) is 13.2 Å². The molecule has 2 nitrogen and oxygen atoms in total. The molecule has 94 valence electrons. The third kappa shape index (κ3) is 3.22. The molecule has 0 aromatic heterocycles. The summed E-state index contributed by atoms with van der Waals surface area (Å²) in [5.41, 5.74) is 1.34. The van der Waals surface area contributed by atoms with Crippen LogP contribution in [0.3, 0.4) is 0 Å². The van der Waals surface area contributed by atoms with Crippen molar-refractivity contribution in [1.82, 2.24) is 5.32 Å². The fourth-order valence-corrected chi connectivity index (χ4v) is 2.33. The summed E-state index contributed by atoms with van der Waals surface area (Å²) in [5, 5.41) is 3.46. The van der Waals surface area contributed by atoms with Gasteiger partial charge in [0.1, 0.15) is 12.4 Å². The number of hydrogen-bond donors (Lipinski definition) is 1. The van der Waals surface area contributed by atoms with Gasteiger partial charge in [-0.15, -0.1) is 0 Å². The van der Waals surface area contributed by atoms with E-state index in [-0.39, 0.29) is 0 Å². The van der Waals surface area contributed by atoms with E-state index in [2.05, 4.69) is 43.4 Å². The van der Waals surface area contributed by atoms with Crippen molar-refractivity contribution in [3.63, 3.8) is 0 Å². The van der Waals surface area contributed by atoms with E-state index in [1.807, 2.05) is 0 Å². The highest BCUT2D eigenvalue weighted by Gasteiger charge is 2.16. The first kappa shape index (κ1) is 12.4. The van der Waals surface area contributed by atoms with Crippen molar-refractivity contribution in [3.8, 4) is 5.75 Å². The highest BCUT2D eigenvalue weighted by Crippen LogP contribution is 2.28. The SMILES string of the molecule is CCC(C)c1ccccc1OCC1CCCN1. The van der Waals surface area contributed by atoms with Gasteiger partial charge in [0.05, 0.1) is 0 Å². The molecule has 2 heteroatoms. The molecule has 1 saturated heterocycles. The molecule has 2 atom stereocenters. The van der Waals surface area contributed by atoms with Crippen LogP contribution in [0.1, 0.15) is 44.6 Å². The molecule has 2 unspecified atom stereocenters. The molecule has 0 radical (unpaired) electrons. The number of rotatable bonds is 5. The van der Waals surface area contributed by atoms with Gasteiger partial charge in [-0.3, -0.25) is 0 Å². The molecule has 0 saturated carbocycles. The van der Waals surface area contributed by atoms with Gasteiger partial charge in [-0.1, -0.05) is 32.0 Å². The first-order valence-electron chi connectivity index (χ1n) is 6.76. The van der Waals surface area contributed by atoms with Gasteiger partial charge < -0.3 is 10.1 Å². The monoisotopic (exact) mass is 233 g/mol. The van der Waals surface area contributed by atoms with Gasteiger partial charge in [-0.2, -0.15) is 0 Å². The largest absolute Gasteiger partial charge is 0.492 e. The number of para-hydroxylation sites is 1. The number of nitrogens with one attached hydrogen (secondary N) is 1. The van der Waals surface area contributed by atoms with E-state index in [0.29, 0.717) is 12.0 Å². The Hall–Kier alpha value is -1.02. The molecule has 1 aliphatic heterocycles. The van der Waals surface area contributed by atoms with Crippen LogP contribution in [0, 0.1) is 0 Å². The van der Waals surface area contributed by atoms with Crippen molar-refractivity contribution in [2.24, 2.45) is 0 Å². The highest BCUT2D eigenvalue weighted by atomic mass is 16.5. The van der Waals surface area contributed by atoms with Crippen LogP contribution in [0.25, 0.3) is 0 Å². The van der Waals surface area contributed by atoms with Crippen LogP contribution < -0.4 is 10.1 Å². The Balaban J connectivity index is 1.98. The minimum Gasteiger partial charge on any atom is -0.492 e. The topological polar surface area (TPSA) is 21.3 Å². The van der Waals surface area contributed by atoms with Crippen LogP contribution in [0.4, 0.5) is 0 Å². The van der Waals surface area contributed by atoms with Gasteiger partial charge in [0.15, 0.2) is 0 Å². The van der Waals surface area contributed by atoms with E-state index in [1.165, 1.54) is 18.4 Å². The Labute approximate surface area is 104 Å². The third-order valence-corrected chi connectivity index (χ3v) is 3.66. The molecule has 2 rings (SSSR count). The Morgan fingerprint density at radius 3 is 2.94 bits per heavy atom. The molecule has 0 spiro atoms. The predicted molar refractivity (Wildman–Crippen MR) is 71.7 cm³/mol. The van der Waals surface area contributed by atoms with Crippen molar-refractivity contribution in [2.45, 2.75) is 45.1 Å². The fourth-order valence-electron chi connectivity index (χ4n) is 2.33. The summed E-state index contributed by atoms with van der Waals surface area (Å²) in [5.74, 6) is 1.64. The van der Waals surface area contributed by atoms with Gasteiger partial charge in [-0.25, -0.2) is 0 Å². The molecule has 1 fully saturated rings. The zero-order valence-corrected chi connectivity index (χ0v) is 10.9. The fraction of sp³-hybridized carbons (Fsp3) is 0.600. The molecule has 0 aliphatic carbocycles. The minimum absolute atomic E-state index is 0.542. The average molecular weight is 233 g/mol. The van der Waals surface area contributed by atoms with Crippen LogP contribution in [-0.4, -0.2) is 19.2 Å². The van der Waals surface area contributed by atoms with Crippen LogP contribution in [0.5, 0.6) is 5.75 Å². The highest BCUT2D eigenvalue weighted by molar-refractivity contribution is 5.35. The van der Waals surface area contributed by atoms with E-state index >= 15 is 0 Å². The molecule has 1 aromatic carbocycles. The molecule has 0 bridgehead atoms. The van der Waals surface area contributed by atoms with Crippen molar-refractivity contribution >= 4 is 0 Å². The zero-order chi connectivity index (χ0) is 12.1. The van der Waals surface area contributed by atoms with Crippen LogP contribution in [0.15, 0.2) is 24.3 Å². The normalized spacial score (nSPS) is 21.4. The molecule has 1 aliphatic rings. The van der Waals surface area contributed by atoms with Gasteiger partial charge in [0, 0.05) is 6.04 Å². The molecule has 0 amide bonds. The van der Waals surface area contributed by atoms with Gasteiger partial charge in [-0.05, 0) is 43.4 Å². The quantitative estimate of drug-likeness (QED) is 0.842. The molecule has 1 N–H and O–H groups in total. The number of ether oxygens (including phenoxy) is 1. The first-order valence-corrected chi connectivity index (χ1v) is 6.76. The molecular formula is C15H23NO. The second kappa shape index (κ2) is 6.06. The lowest BCUT2D eigenvalue weighted by Gasteiger charge is -2.17.